The lowest BCUT2D eigenvalue weighted by Gasteiger charge is -2.31. The fourth-order valence-corrected chi connectivity index (χ4v) is 2.91. The van der Waals surface area contributed by atoms with Gasteiger partial charge in [-0.3, -0.25) is 9.59 Å². The van der Waals surface area contributed by atoms with E-state index in [0.29, 0.717) is 31.2 Å². The minimum Gasteiger partial charge on any atom is -0.497 e. The van der Waals surface area contributed by atoms with Gasteiger partial charge in [0.1, 0.15) is 11.5 Å². The maximum absolute atomic E-state index is 12.6. The van der Waals surface area contributed by atoms with E-state index in [4.69, 9.17) is 14.2 Å². The third-order valence-corrected chi connectivity index (χ3v) is 4.16. The van der Waals surface area contributed by atoms with E-state index in [2.05, 4.69) is 0 Å². The van der Waals surface area contributed by atoms with E-state index in [1.165, 1.54) is 0 Å². The summed E-state index contributed by atoms with van der Waals surface area (Å²) in [4.78, 5) is 26.2. The normalized spacial score (nSPS) is 17.3. The van der Waals surface area contributed by atoms with Crippen molar-refractivity contribution < 1.29 is 23.8 Å². The zero-order valence-corrected chi connectivity index (χ0v) is 14.5. The van der Waals surface area contributed by atoms with Crippen molar-refractivity contribution in [3.05, 3.63) is 23.8 Å². The predicted molar refractivity (Wildman–Crippen MR) is 89.2 cm³/mol. The van der Waals surface area contributed by atoms with Crippen LogP contribution in [0, 0.1) is 5.92 Å². The molecule has 1 heterocycles. The second-order valence-corrected chi connectivity index (χ2v) is 5.83. The van der Waals surface area contributed by atoms with Gasteiger partial charge in [-0.25, -0.2) is 0 Å². The number of hydrogen-bond acceptors (Lipinski definition) is 5. The fourth-order valence-electron chi connectivity index (χ4n) is 2.91. The highest BCUT2D eigenvalue weighted by molar-refractivity contribution is 5.80. The lowest BCUT2D eigenvalue weighted by Crippen LogP contribution is -2.43. The van der Waals surface area contributed by atoms with Crippen LogP contribution >= 0.6 is 0 Å². The van der Waals surface area contributed by atoms with Crippen LogP contribution in [-0.4, -0.2) is 50.7 Å². The van der Waals surface area contributed by atoms with Crippen LogP contribution in [0.5, 0.6) is 11.5 Å². The molecule has 1 saturated heterocycles. The number of hydrogen-bond donors (Lipinski definition) is 0. The predicted octanol–water partition coefficient (Wildman–Crippen LogP) is 2.05. The van der Waals surface area contributed by atoms with E-state index in [0.717, 1.165) is 18.4 Å². The Bertz CT molecular complexity index is 565. The molecule has 0 spiro atoms. The van der Waals surface area contributed by atoms with Crippen molar-refractivity contribution in [3.63, 3.8) is 0 Å². The monoisotopic (exact) mass is 335 g/mol. The van der Waals surface area contributed by atoms with Crippen LogP contribution in [0.1, 0.15) is 25.3 Å². The molecule has 1 aliphatic heterocycles. The van der Waals surface area contributed by atoms with Crippen LogP contribution in [-0.2, 0) is 20.7 Å². The van der Waals surface area contributed by atoms with Crippen LogP contribution in [0.2, 0.25) is 0 Å². The molecule has 2 rings (SSSR count). The third-order valence-electron chi connectivity index (χ3n) is 4.16. The summed E-state index contributed by atoms with van der Waals surface area (Å²) in [6, 6.07) is 5.42. The zero-order chi connectivity index (χ0) is 17.5. The summed E-state index contributed by atoms with van der Waals surface area (Å²) in [6.45, 7) is 3.27. The molecule has 24 heavy (non-hydrogen) atoms. The number of nitrogens with zero attached hydrogens (tertiary/aromatic N) is 1. The van der Waals surface area contributed by atoms with E-state index >= 15 is 0 Å². The number of rotatable bonds is 6. The number of carbonyl (C=O) groups excluding carboxylic acids is 2. The van der Waals surface area contributed by atoms with E-state index in [1.807, 2.05) is 12.1 Å². The van der Waals surface area contributed by atoms with Crippen molar-refractivity contribution in [2.75, 3.05) is 33.9 Å². The van der Waals surface area contributed by atoms with Crippen LogP contribution in [0.15, 0.2) is 18.2 Å². The maximum Gasteiger partial charge on any atom is 0.310 e. The quantitative estimate of drug-likeness (QED) is 0.745. The number of benzene rings is 1. The van der Waals surface area contributed by atoms with E-state index in [1.54, 1.807) is 32.1 Å². The van der Waals surface area contributed by atoms with Gasteiger partial charge in [-0.05, 0) is 37.5 Å². The van der Waals surface area contributed by atoms with Crippen molar-refractivity contribution in [2.45, 2.75) is 26.2 Å². The van der Waals surface area contributed by atoms with Gasteiger partial charge in [0.2, 0.25) is 5.91 Å². The van der Waals surface area contributed by atoms with Gasteiger partial charge in [-0.2, -0.15) is 0 Å². The first-order valence-corrected chi connectivity index (χ1v) is 8.23. The second-order valence-electron chi connectivity index (χ2n) is 5.83. The van der Waals surface area contributed by atoms with Gasteiger partial charge in [0.25, 0.3) is 0 Å². The molecule has 1 unspecified atom stereocenters. The van der Waals surface area contributed by atoms with Gasteiger partial charge in [-0.15, -0.1) is 0 Å². The summed E-state index contributed by atoms with van der Waals surface area (Å²) >= 11 is 0. The Hall–Kier alpha value is -2.24. The summed E-state index contributed by atoms with van der Waals surface area (Å²) in [5.41, 5.74) is 0.828. The Kier molecular flexibility index (Phi) is 6.46. The number of amides is 1. The van der Waals surface area contributed by atoms with Crippen molar-refractivity contribution in [2.24, 2.45) is 5.92 Å². The lowest BCUT2D eigenvalue weighted by atomic mass is 9.97. The molecule has 1 amide bonds. The largest absolute Gasteiger partial charge is 0.497 e. The van der Waals surface area contributed by atoms with Crippen molar-refractivity contribution in [1.82, 2.24) is 4.90 Å². The molecule has 6 nitrogen and oxygen atoms in total. The van der Waals surface area contributed by atoms with Crippen LogP contribution in [0.3, 0.4) is 0 Å². The smallest absolute Gasteiger partial charge is 0.310 e. The van der Waals surface area contributed by atoms with E-state index in [-0.39, 0.29) is 24.2 Å². The van der Waals surface area contributed by atoms with E-state index in [9.17, 15) is 9.59 Å². The number of methoxy groups -OCH3 is 2. The molecule has 0 aromatic heterocycles. The first kappa shape index (κ1) is 18.1. The minimum atomic E-state index is -0.220. The Morgan fingerprint density at radius 2 is 1.83 bits per heavy atom. The summed E-state index contributed by atoms with van der Waals surface area (Å²) in [7, 11) is 3.16. The Labute approximate surface area is 142 Å². The van der Waals surface area contributed by atoms with Gasteiger partial charge >= 0.3 is 5.97 Å². The highest BCUT2D eigenvalue weighted by Gasteiger charge is 2.29. The number of carbonyl (C=O) groups is 2. The molecule has 0 saturated carbocycles. The molecule has 1 fully saturated rings. The van der Waals surface area contributed by atoms with Gasteiger partial charge in [0, 0.05) is 19.2 Å². The van der Waals surface area contributed by atoms with Crippen molar-refractivity contribution >= 4 is 11.9 Å². The van der Waals surface area contributed by atoms with Gasteiger partial charge < -0.3 is 19.1 Å². The van der Waals surface area contributed by atoms with Crippen LogP contribution in [0.4, 0.5) is 0 Å². The third kappa shape index (κ3) is 4.63. The van der Waals surface area contributed by atoms with Crippen molar-refractivity contribution in [3.8, 4) is 11.5 Å². The molecular formula is C18H25NO5. The van der Waals surface area contributed by atoms with E-state index < -0.39 is 0 Å². The standard InChI is InChI=1S/C18H25NO5/c1-4-24-18(21)14-6-5-7-19(12-14)17(20)10-13-8-15(22-2)11-16(9-13)23-3/h8-9,11,14H,4-7,10,12H2,1-3H3. The van der Waals surface area contributed by atoms with Crippen molar-refractivity contribution in [1.29, 1.82) is 0 Å². The summed E-state index contributed by atoms with van der Waals surface area (Å²) in [6.07, 6.45) is 1.84. The average molecular weight is 335 g/mol. The lowest BCUT2D eigenvalue weighted by molar-refractivity contribution is -0.151. The molecule has 0 N–H and O–H groups in total. The summed E-state index contributed by atoms with van der Waals surface area (Å²) < 4.78 is 15.5. The first-order valence-electron chi connectivity index (χ1n) is 8.23. The van der Waals surface area contributed by atoms with Gasteiger partial charge in [-0.1, -0.05) is 0 Å². The summed E-state index contributed by atoms with van der Waals surface area (Å²) in [5.74, 6) is 0.875. The molecule has 132 valence electrons. The first-order chi connectivity index (χ1) is 11.6. The highest BCUT2D eigenvalue weighted by Crippen LogP contribution is 2.24. The maximum atomic E-state index is 12.6. The average Bonchev–Trinajstić information content (AvgIpc) is 2.61. The number of likely N-dealkylation sites (tertiary alicyclic amines) is 1. The Morgan fingerprint density at radius 3 is 2.42 bits per heavy atom. The summed E-state index contributed by atoms with van der Waals surface area (Å²) in [5, 5.41) is 0. The number of ether oxygens (including phenoxy) is 3. The Balaban J connectivity index is 2.02. The molecule has 0 radical (unpaired) electrons. The molecule has 1 aromatic carbocycles. The molecule has 1 atom stereocenters. The molecule has 6 heteroatoms. The number of piperidine rings is 1. The second kappa shape index (κ2) is 8.57. The number of esters is 1. The fraction of sp³-hybridized carbons (Fsp3) is 0.556. The zero-order valence-electron chi connectivity index (χ0n) is 14.5. The van der Waals surface area contributed by atoms with Crippen LogP contribution in [0.25, 0.3) is 0 Å². The molecule has 0 aliphatic carbocycles. The minimum absolute atomic E-state index is 0.000644. The molecular weight excluding hydrogens is 310 g/mol. The SMILES string of the molecule is CCOC(=O)C1CCCN(C(=O)Cc2cc(OC)cc(OC)c2)C1. The highest BCUT2D eigenvalue weighted by atomic mass is 16.5. The topological polar surface area (TPSA) is 65.1 Å². The van der Waals surface area contributed by atoms with Gasteiger partial charge in [0.05, 0.1) is 33.2 Å². The molecule has 1 aromatic rings. The van der Waals surface area contributed by atoms with Crippen LogP contribution < -0.4 is 9.47 Å². The molecule has 1 aliphatic rings. The van der Waals surface area contributed by atoms with Gasteiger partial charge in [0.15, 0.2) is 0 Å². The Morgan fingerprint density at radius 1 is 1.17 bits per heavy atom. The molecule has 0 bridgehead atoms.